The van der Waals surface area contributed by atoms with E-state index in [1.165, 1.54) is 24.2 Å². The van der Waals surface area contributed by atoms with E-state index in [-0.39, 0.29) is 41.9 Å². The Morgan fingerprint density at radius 2 is 1.54 bits per heavy atom. The summed E-state index contributed by atoms with van der Waals surface area (Å²) in [5, 5.41) is 2.82. The Morgan fingerprint density at radius 1 is 1.04 bits per heavy atom. The van der Waals surface area contributed by atoms with E-state index in [0.29, 0.717) is 17.8 Å². The molecule has 0 atom stereocenters. The lowest BCUT2D eigenvalue weighted by Crippen LogP contribution is -2.51. The van der Waals surface area contributed by atoms with E-state index < -0.39 is 0 Å². The normalized spacial score (nSPS) is 32.2. The van der Waals surface area contributed by atoms with Gasteiger partial charge in [-0.3, -0.25) is 14.4 Å². The molecule has 4 fully saturated rings. The second kappa shape index (κ2) is 6.86. The third-order valence-electron chi connectivity index (χ3n) is 6.12. The molecule has 2 amide bonds. The van der Waals surface area contributed by atoms with Crippen LogP contribution in [0.5, 0.6) is 0 Å². The number of hydrogen-bond donors (Lipinski definition) is 1. The summed E-state index contributed by atoms with van der Waals surface area (Å²) in [5.74, 6) is 1.22. The molecule has 146 valence electrons. The highest BCUT2D eigenvalue weighted by Crippen LogP contribution is 2.60. The van der Waals surface area contributed by atoms with Crippen LogP contribution in [-0.2, 0) is 19.1 Å². The molecule has 4 saturated carbocycles. The van der Waals surface area contributed by atoms with E-state index in [0.717, 1.165) is 19.3 Å². The van der Waals surface area contributed by atoms with Crippen LogP contribution in [0.4, 0.5) is 0 Å². The molecule has 0 saturated heterocycles. The second-order valence-electron chi connectivity index (χ2n) is 9.82. The fraction of sp³-hybridized carbons (Fsp3) is 0.850. The molecule has 0 aliphatic heterocycles. The fourth-order valence-electron chi connectivity index (χ4n) is 5.51. The molecule has 6 nitrogen and oxygen atoms in total. The van der Waals surface area contributed by atoms with Crippen LogP contribution in [0.1, 0.15) is 59.3 Å². The average Bonchev–Trinajstić information content (AvgIpc) is 2.48. The van der Waals surface area contributed by atoms with Gasteiger partial charge >= 0.3 is 5.97 Å². The molecule has 0 radical (unpaired) electrons. The third-order valence-corrected chi connectivity index (χ3v) is 6.12. The van der Waals surface area contributed by atoms with Gasteiger partial charge in [0, 0.05) is 12.6 Å². The Labute approximate surface area is 156 Å². The summed E-state index contributed by atoms with van der Waals surface area (Å²) in [7, 11) is 1.56. The van der Waals surface area contributed by atoms with Crippen LogP contribution in [-0.4, -0.2) is 48.4 Å². The molecule has 0 aromatic heterocycles. The van der Waals surface area contributed by atoms with Crippen LogP contribution >= 0.6 is 0 Å². The summed E-state index contributed by atoms with van der Waals surface area (Å²) in [5.41, 5.74) is -0.691. The van der Waals surface area contributed by atoms with Crippen molar-refractivity contribution in [3.8, 4) is 0 Å². The van der Waals surface area contributed by atoms with E-state index >= 15 is 0 Å². The van der Waals surface area contributed by atoms with Crippen LogP contribution in [0.25, 0.3) is 0 Å². The minimum absolute atomic E-state index is 0.0367. The number of carbonyl (C=O) groups is 3. The monoisotopic (exact) mass is 364 g/mol. The topological polar surface area (TPSA) is 75.7 Å². The molecule has 0 unspecified atom stereocenters. The quantitative estimate of drug-likeness (QED) is 0.758. The van der Waals surface area contributed by atoms with Crippen LogP contribution in [0, 0.1) is 23.2 Å². The number of nitrogens with zero attached hydrogens (tertiary/aromatic N) is 1. The first-order valence-electron chi connectivity index (χ1n) is 9.78. The molecule has 0 spiro atoms. The van der Waals surface area contributed by atoms with Gasteiger partial charge in [0.15, 0.2) is 6.61 Å². The molecule has 0 heterocycles. The lowest BCUT2D eigenvalue weighted by molar-refractivity contribution is -0.174. The Balaban J connectivity index is 1.48. The number of rotatable bonds is 5. The highest BCUT2D eigenvalue weighted by molar-refractivity contribution is 5.87. The molecule has 26 heavy (non-hydrogen) atoms. The summed E-state index contributed by atoms with van der Waals surface area (Å²) < 4.78 is 5.43. The van der Waals surface area contributed by atoms with Gasteiger partial charge in [-0.05, 0) is 77.0 Å². The maximum atomic E-state index is 12.8. The minimum Gasteiger partial charge on any atom is -0.455 e. The first kappa shape index (κ1) is 19.2. The molecule has 4 aliphatic rings. The summed E-state index contributed by atoms with van der Waals surface area (Å²) in [6.07, 6.45) is 6.56. The zero-order valence-corrected chi connectivity index (χ0v) is 16.5. The largest absolute Gasteiger partial charge is 0.455 e. The van der Waals surface area contributed by atoms with Crippen molar-refractivity contribution in [2.24, 2.45) is 23.2 Å². The summed E-state index contributed by atoms with van der Waals surface area (Å²) in [6.45, 7) is 5.35. The summed E-state index contributed by atoms with van der Waals surface area (Å²) >= 11 is 0. The highest BCUT2D eigenvalue weighted by Gasteiger charge is 2.55. The van der Waals surface area contributed by atoms with Crippen molar-refractivity contribution in [2.45, 2.75) is 64.8 Å². The average molecular weight is 364 g/mol. The Bertz CT molecular complexity index is 558. The molecular weight excluding hydrogens is 332 g/mol. The second-order valence-corrected chi connectivity index (χ2v) is 9.82. The van der Waals surface area contributed by atoms with Crippen molar-refractivity contribution in [1.29, 1.82) is 0 Å². The number of esters is 1. The van der Waals surface area contributed by atoms with Crippen molar-refractivity contribution < 1.29 is 19.1 Å². The van der Waals surface area contributed by atoms with Gasteiger partial charge in [0.2, 0.25) is 5.91 Å². The predicted molar refractivity (Wildman–Crippen MR) is 97.1 cm³/mol. The van der Waals surface area contributed by atoms with Gasteiger partial charge in [0.05, 0.1) is 12.0 Å². The number of carbonyl (C=O) groups excluding carboxylic acids is 3. The van der Waals surface area contributed by atoms with Crippen LogP contribution in [0.15, 0.2) is 0 Å². The fourth-order valence-corrected chi connectivity index (χ4v) is 5.51. The number of ether oxygens (including phenoxy) is 1. The minimum atomic E-state index is -0.350. The molecule has 6 heteroatoms. The van der Waals surface area contributed by atoms with E-state index in [2.05, 4.69) is 5.32 Å². The third kappa shape index (κ3) is 4.21. The Kier molecular flexibility index (Phi) is 5.06. The van der Waals surface area contributed by atoms with Crippen molar-refractivity contribution in [3.63, 3.8) is 0 Å². The lowest BCUT2D eigenvalue weighted by atomic mass is 9.49. The molecule has 1 N–H and O–H groups in total. The number of nitrogens with one attached hydrogen (secondary N) is 1. The molecule has 0 aromatic rings. The van der Waals surface area contributed by atoms with Crippen LogP contribution in [0.2, 0.25) is 0 Å². The van der Waals surface area contributed by atoms with Crippen LogP contribution < -0.4 is 5.32 Å². The smallest absolute Gasteiger partial charge is 0.312 e. The van der Waals surface area contributed by atoms with Crippen molar-refractivity contribution in [3.05, 3.63) is 0 Å². The van der Waals surface area contributed by atoms with Gasteiger partial charge in [-0.2, -0.15) is 0 Å². The first-order chi connectivity index (χ1) is 12.1. The molecular formula is C20H32N2O4. The lowest BCUT2D eigenvalue weighted by Gasteiger charge is -2.55. The summed E-state index contributed by atoms with van der Waals surface area (Å²) in [6, 6.07) is 0. The van der Waals surface area contributed by atoms with E-state index in [1.807, 2.05) is 20.8 Å². The Hall–Kier alpha value is -1.59. The first-order valence-corrected chi connectivity index (χ1v) is 9.78. The van der Waals surface area contributed by atoms with E-state index in [4.69, 9.17) is 4.74 Å². The summed E-state index contributed by atoms with van der Waals surface area (Å²) in [4.78, 5) is 38.2. The van der Waals surface area contributed by atoms with Crippen molar-refractivity contribution in [2.75, 3.05) is 20.2 Å². The van der Waals surface area contributed by atoms with Gasteiger partial charge in [-0.25, -0.2) is 0 Å². The van der Waals surface area contributed by atoms with Crippen molar-refractivity contribution >= 4 is 17.8 Å². The molecule has 0 aromatic carbocycles. The number of amides is 2. The van der Waals surface area contributed by atoms with E-state index in [9.17, 15) is 14.4 Å². The van der Waals surface area contributed by atoms with Gasteiger partial charge in [0.1, 0.15) is 0 Å². The maximum Gasteiger partial charge on any atom is 0.312 e. The number of hydrogen-bond acceptors (Lipinski definition) is 4. The molecule has 4 rings (SSSR count). The molecule has 4 bridgehead atoms. The SMILES string of the molecule is CN(CC(=O)NC(C)(C)C)C(=O)COC(=O)C12CC3CC(CC(C3)C1)C2. The predicted octanol–water partition coefficient (Wildman–Crippen LogP) is 2.12. The van der Waals surface area contributed by atoms with Gasteiger partial charge in [0.25, 0.3) is 5.91 Å². The van der Waals surface area contributed by atoms with Crippen LogP contribution in [0.3, 0.4) is 0 Å². The Morgan fingerprint density at radius 3 is 2.00 bits per heavy atom. The van der Waals surface area contributed by atoms with E-state index in [1.54, 1.807) is 7.05 Å². The molecule has 4 aliphatic carbocycles. The number of likely N-dealkylation sites (N-methyl/N-ethyl adjacent to an activating group) is 1. The standard InChI is InChI=1S/C20H32N2O4/c1-19(2,3)21-16(23)11-22(4)17(24)12-26-18(25)20-8-13-5-14(9-20)7-15(6-13)10-20/h13-15H,5-12H2,1-4H3,(H,21,23). The zero-order valence-electron chi connectivity index (χ0n) is 16.5. The van der Waals surface area contributed by atoms with Gasteiger partial charge in [-0.1, -0.05) is 0 Å². The maximum absolute atomic E-state index is 12.8. The highest BCUT2D eigenvalue weighted by atomic mass is 16.5. The van der Waals surface area contributed by atoms with Crippen molar-refractivity contribution in [1.82, 2.24) is 10.2 Å². The van der Waals surface area contributed by atoms with Gasteiger partial charge in [-0.15, -0.1) is 0 Å². The van der Waals surface area contributed by atoms with Gasteiger partial charge < -0.3 is 15.0 Å². The zero-order chi connectivity index (χ0) is 19.1.